The second kappa shape index (κ2) is 7.36. The van der Waals surface area contributed by atoms with Crippen molar-refractivity contribution in [3.8, 4) is 11.6 Å². The molecule has 6 nitrogen and oxygen atoms in total. The molecule has 4 aromatic rings. The maximum absolute atomic E-state index is 12.2. The zero-order valence-electron chi connectivity index (χ0n) is 14.8. The van der Waals surface area contributed by atoms with Gasteiger partial charge in [0.1, 0.15) is 0 Å². The van der Waals surface area contributed by atoms with Crippen LogP contribution in [0.5, 0.6) is 11.6 Å². The van der Waals surface area contributed by atoms with Gasteiger partial charge in [-0.25, -0.2) is 0 Å². The van der Waals surface area contributed by atoms with Crippen molar-refractivity contribution in [2.45, 2.75) is 6.54 Å². The van der Waals surface area contributed by atoms with Gasteiger partial charge in [0.15, 0.2) is 5.69 Å². The van der Waals surface area contributed by atoms with Gasteiger partial charge in [-0.2, -0.15) is 0 Å². The largest absolute Gasteiger partial charge is 0.872 e. The Morgan fingerprint density at radius 3 is 2.39 bits per heavy atom. The number of benzene rings is 3. The van der Waals surface area contributed by atoms with E-state index in [1.165, 1.54) is 12.1 Å². The van der Waals surface area contributed by atoms with Crippen molar-refractivity contribution in [1.82, 2.24) is 4.57 Å². The van der Waals surface area contributed by atoms with Crippen LogP contribution in [0.4, 0.5) is 5.69 Å². The van der Waals surface area contributed by atoms with Gasteiger partial charge >= 0.3 is 0 Å². The van der Waals surface area contributed by atoms with Crippen LogP contribution in [0, 0.1) is 0 Å². The Morgan fingerprint density at radius 1 is 0.929 bits per heavy atom. The number of amides is 1. The SMILES string of the molecule is O=C(N=Nc1c(O)n(Cc2ccccc2)c2ccccc12)c1ccccc1[O-]. The second-order valence-electron chi connectivity index (χ2n) is 6.26. The van der Waals surface area contributed by atoms with Crippen LogP contribution in [0.2, 0.25) is 0 Å². The molecular formula is C22H16N3O3-. The maximum atomic E-state index is 12.2. The highest BCUT2D eigenvalue weighted by atomic mass is 16.3. The molecule has 1 aromatic heterocycles. The normalized spacial score (nSPS) is 11.3. The Balaban J connectivity index is 1.74. The van der Waals surface area contributed by atoms with E-state index in [2.05, 4.69) is 10.2 Å². The fraction of sp³-hybridized carbons (Fsp3) is 0.0455. The third-order valence-electron chi connectivity index (χ3n) is 4.46. The van der Waals surface area contributed by atoms with E-state index in [4.69, 9.17) is 0 Å². The van der Waals surface area contributed by atoms with Gasteiger partial charge in [-0.05, 0) is 17.7 Å². The zero-order valence-corrected chi connectivity index (χ0v) is 14.8. The average Bonchev–Trinajstić information content (AvgIpc) is 2.99. The standard InChI is InChI=1S/C22H17N3O3/c26-19-13-7-5-11-17(19)21(27)24-23-20-16-10-4-6-12-18(16)25(22(20)28)14-15-8-2-1-3-9-15/h1-13,26,28H,14H2/p-1. The summed E-state index contributed by atoms with van der Waals surface area (Å²) in [6.45, 7) is 0.444. The molecule has 0 aliphatic carbocycles. The fourth-order valence-electron chi connectivity index (χ4n) is 3.09. The van der Waals surface area contributed by atoms with Gasteiger partial charge in [-0.1, -0.05) is 72.5 Å². The molecule has 3 aromatic carbocycles. The van der Waals surface area contributed by atoms with Gasteiger partial charge in [-0.3, -0.25) is 4.79 Å². The number of rotatable bonds is 4. The molecule has 0 radical (unpaired) electrons. The minimum absolute atomic E-state index is 0.0567. The van der Waals surface area contributed by atoms with E-state index in [9.17, 15) is 15.0 Å². The molecule has 1 amide bonds. The van der Waals surface area contributed by atoms with Gasteiger partial charge in [0.2, 0.25) is 5.88 Å². The Labute approximate surface area is 161 Å². The lowest BCUT2D eigenvalue weighted by molar-refractivity contribution is -0.268. The van der Waals surface area contributed by atoms with Crippen LogP contribution in [0.25, 0.3) is 10.9 Å². The average molecular weight is 370 g/mol. The summed E-state index contributed by atoms with van der Waals surface area (Å²) in [6, 6.07) is 22.9. The second-order valence-corrected chi connectivity index (χ2v) is 6.26. The first-order chi connectivity index (χ1) is 13.6. The number of fused-ring (bicyclic) bond motifs is 1. The van der Waals surface area contributed by atoms with Crippen molar-refractivity contribution in [2.24, 2.45) is 10.2 Å². The quantitative estimate of drug-likeness (QED) is 0.540. The summed E-state index contributed by atoms with van der Waals surface area (Å²) in [4.78, 5) is 12.2. The summed E-state index contributed by atoms with van der Waals surface area (Å²) >= 11 is 0. The van der Waals surface area contributed by atoms with Crippen molar-refractivity contribution >= 4 is 22.5 Å². The number of nitrogens with zero attached hydrogens (tertiary/aromatic N) is 3. The summed E-state index contributed by atoms with van der Waals surface area (Å²) in [6.07, 6.45) is 0. The summed E-state index contributed by atoms with van der Waals surface area (Å²) < 4.78 is 1.71. The molecule has 6 heteroatoms. The first-order valence-corrected chi connectivity index (χ1v) is 8.71. The third kappa shape index (κ3) is 3.23. The van der Waals surface area contributed by atoms with Crippen molar-refractivity contribution < 1.29 is 15.0 Å². The van der Waals surface area contributed by atoms with E-state index in [0.29, 0.717) is 11.9 Å². The van der Waals surface area contributed by atoms with Crippen LogP contribution in [0.15, 0.2) is 89.1 Å². The van der Waals surface area contributed by atoms with E-state index in [-0.39, 0.29) is 17.1 Å². The summed E-state index contributed by atoms with van der Waals surface area (Å²) in [5, 5.41) is 30.8. The predicted octanol–water partition coefficient (Wildman–Crippen LogP) is 4.39. The third-order valence-corrected chi connectivity index (χ3v) is 4.46. The molecule has 0 spiro atoms. The highest BCUT2D eigenvalue weighted by Crippen LogP contribution is 2.39. The minimum Gasteiger partial charge on any atom is -0.872 e. The van der Waals surface area contributed by atoms with Crippen LogP contribution in [0.3, 0.4) is 0 Å². The molecule has 0 bridgehead atoms. The van der Waals surface area contributed by atoms with Crippen LogP contribution in [-0.4, -0.2) is 15.6 Å². The minimum atomic E-state index is -0.745. The first kappa shape index (κ1) is 17.5. The van der Waals surface area contributed by atoms with E-state index >= 15 is 0 Å². The Hall–Kier alpha value is -3.93. The number of aromatic hydroxyl groups is 1. The summed E-state index contributed by atoms with van der Waals surface area (Å²) in [7, 11) is 0. The van der Waals surface area contributed by atoms with Crippen molar-refractivity contribution in [2.75, 3.05) is 0 Å². The lowest BCUT2D eigenvalue weighted by Crippen LogP contribution is -2.01. The Bertz CT molecular complexity index is 1180. The van der Waals surface area contributed by atoms with E-state index < -0.39 is 11.7 Å². The number of para-hydroxylation sites is 2. The number of hydrogen-bond donors (Lipinski definition) is 1. The van der Waals surface area contributed by atoms with Crippen molar-refractivity contribution in [1.29, 1.82) is 0 Å². The molecule has 0 unspecified atom stereocenters. The molecule has 0 saturated carbocycles. The van der Waals surface area contributed by atoms with E-state index in [1.54, 1.807) is 22.8 Å². The maximum Gasteiger partial charge on any atom is 0.294 e. The van der Waals surface area contributed by atoms with Gasteiger partial charge in [0.25, 0.3) is 5.91 Å². The molecule has 0 atom stereocenters. The number of aromatic nitrogens is 1. The van der Waals surface area contributed by atoms with Gasteiger partial charge < -0.3 is 14.8 Å². The summed E-state index contributed by atoms with van der Waals surface area (Å²) in [5.41, 5.74) is 1.93. The lowest BCUT2D eigenvalue weighted by Gasteiger charge is -2.08. The molecule has 1 N–H and O–H groups in total. The molecule has 0 saturated heterocycles. The van der Waals surface area contributed by atoms with Gasteiger partial charge in [-0.15, -0.1) is 10.2 Å². The Morgan fingerprint density at radius 2 is 1.61 bits per heavy atom. The molecular weight excluding hydrogens is 354 g/mol. The van der Waals surface area contributed by atoms with Crippen LogP contribution >= 0.6 is 0 Å². The van der Waals surface area contributed by atoms with E-state index in [0.717, 1.165) is 11.1 Å². The highest BCUT2D eigenvalue weighted by molar-refractivity contribution is 5.98. The van der Waals surface area contributed by atoms with Crippen LogP contribution in [-0.2, 0) is 6.54 Å². The van der Waals surface area contributed by atoms with Crippen LogP contribution in [0.1, 0.15) is 15.9 Å². The number of hydrogen-bond acceptors (Lipinski definition) is 4. The number of azo groups is 1. The van der Waals surface area contributed by atoms with E-state index in [1.807, 2.05) is 48.5 Å². The summed E-state index contributed by atoms with van der Waals surface area (Å²) in [5.74, 6) is -1.25. The number of carbonyl (C=O) groups excluding carboxylic acids is 1. The monoisotopic (exact) mass is 370 g/mol. The van der Waals surface area contributed by atoms with Gasteiger partial charge in [0, 0.05) is 10.9 Å². The van der Waals surface area contributed by atoms with Crippen LogP contribution < -0.4 is 5.11 Å². The zero-order chi connectivity index (χ0) is 19.5. The van der Waals surface area contributed by atoms with Crippen molar-refractivity contribution in [3.63, 3.8) is 0 Å². The molecule has 0 aliphatic heterocycles. The molecule has 0 fully saturated rings. The molecule has 1 heterocycles. The molecule has 0 aliphatic rings. The fourth-order valence-corrected chi connectivity index (χ4v) is 3.09. The van der Waals surface area contributed by atoms with Crippen molar-refractivity contribution in [3.05, 3.63) is 90.0 Å². The highest BCUT2D eigenvalue weighted by Gasteiger charge is 2.17. The molecule has 4 rings (SSSR count). The Kier molecular flexibility index (Phi) is 4.60. The van der Waals surface area contributed by atoms with Gasteiger partial charge in [0.05, 0.1) is 12.1 Å². The number of carbonyl (C=O) groups is 1. The molecule has 138 valence electrons. The topological polar surface area (TPSA) is 90.0 Å². The molecule has 28 heavy (non-hydrogen) atoms. The smallest absolute Gasteiger partial charge is 0.294 e. The first-order valence-electron chi connectivity index (χ1n) is 8.71. The predicted molar refractivity (Wildman–Crippen MR) is 104 cm³/mol. The lowest BCUT2D eigenvalue weighted by atomic mass is 10.2.